The number of para-hydroxylation sites is 2. The highest BCUT2D eigenvalue weighted by Crippen LogP contribution is 2.35. The second-order valence-corrected chi connectivity index (χ2v) is 5.05. The van der Waals surface area contributed by atoms with Crippen LogP contribution in [0.3, 0.4) is 0 Å². The van der Waals surface area contributed by atoms with Gasteiger partial charge >= 0.3 is 0 Å². The lowest BCUT2D eigenvalue weighted by atomic mass is 10.1. The lowest BCUT2D eigenvalue weighted by Crippen LogP contribution is -2.07. The standard InChI is InChI=1S/C15H16FNOS/c1-10(17)11-6-5-7-12(16)15(11)18-13-8-3-4-9-14(13)19-2/h3-10H,17H2,1-2H3/t10-/m0/s1. The minimum Gasteiger partial charge on any atom is -0.453 e. The van der Waals surface area contributed by atoms with Crippen LogP contribution in [-0.4, -0.2) is 6.26 Å². The van der Waals surface area contributed by atoms with Crippen molar-refractivity contribution in [3.8, 4) is 11.5 Å². The molecule has 0 amide bonds. The lowest BCUT2D eigenvalue weighted by molar-refractivity contribution is 0.424. The number of benzene rings is 2. The van der Waals surface area contributed by atoms with E-state index in [9.17, 15) is 4.39 Å². The highest BCUT2D eigenvalue weighted by atomic mass is 32.2. The molecule has 1 atom stereocenters. The Morgan fingerprint density at radius 1 is 1.16 bits per heavy atom. The van der Waals surface area contributed by atoms with Crippen LogP contribution >= 0.6 is 11.8 Å². The number of hydrogen-bond donors (Lipinski definition) is 1. The summed E-state index contributed by atoms with van der Waals surface area (Å²) in [6.45, 7) is 1.81. The molecule has 0 fully saturated rings. The first kappa shape index (κ1) is 13.9. The number of halogens is 1. The quantitative estimate of drug-likeness (QED) is 0.843. The van der Waals surface area contributed by atoms with Crippen LogP contribution in [0.2, 0.25) is 0 Å². The molecule has 2 N–H and O–H groups in total. The van der Waals surface area contributed by atoms with E-state index in [0.29, 0.717) is 11.3 Å². The maximum absolute atomic E-state index is 13.9. The van der Waals surface area contributed by atoms with Crippen molar-refractivity contribution in [2.24, 2.45) is 5.73 Å². The predicted molar refractivity (Wildman–Crippen MR) is 77.3 cm³/mol. The molecule has 0 aliphatic heterocycles. The maximum Gasteiger partial charge on any atom is 0.167 e. The Bertz CT molecular complexity index is 572. The zero-order valence-electron chi connectivity index (χ0n) is 10.9. The topological polar surface area (TPSA) is 35.2 Å². The second-order valence-electron chi connectivity index (χ2n) is 4.20. The van der Waals surface area contributed by atoms with Crippen molar-refractivity contribution in [1.29, 1.82) is 0 Å². The Morgan fingerprint density at radius 2 is 1.89 bits per heavy atom. The van der Waals surface area contributed by atoms with Crippen molar-refractivity contribution in [3.63, 3.8) is 0 Å². The molecular formula is C15H16FNOS. The van der Waals surface area contributed by atoms with Gasteiger partial charge in [-0.05, 0) is 31.4 Å². The van der Waals surface area contributed by atoms with E-state index in [2.05, 4.69) is 0 Å². The van der Waals surface area contributed by atoms with E-state index in [0.717, 1.165) is 4.90 Å². The summed E-state index contributed by atoms with van der Waals surface area (Å²) in [4.78, 5) is 0.960. The predicted octanol–water partition coefficient (Wildman–Crippen LogP) is 4.36. The van der Waals surface area contributed by atoms with Gasteiger partial charge in [0.1, 0.15) is 5.75 Å². The van der Waals surface area contributed by atoms with Crippen LogP contribution in [0.5, 0.6) is 11.5 Å². The van der Waals surface area contributed by atoms with Gasteiger partial charge in [0.2, 0.25) is 0 Å². The minimum absolute atomic E-state index is 0.207. The molecule has 0 saturated carbocycles. The highest BCUT2D eigenvalue weighted by Gasteiger charge is 2.15. The summed E-state index contributed by atoms with van der Waals surface area (Å²) in [5.41, 5.74) is 6.52. The number of hydrogen-bond acceptors (Lipinski definition) is 3. The van der Waals surface area contributed by atoms with Crippen LogP contribution < -0.4 is 10.5 Å². The Labute approximate surface area is 116 Å². The summed E-state index contributed by atoms with van der Waals surface area (Å²) in [7, 11) is 0. The van der Waals surface area contributed by atoms with E-state index < -0.39 is 5.82 Å². The molecule has 100 valence electrons. The molecule has 4 heteroatoms. The average Bonchev–Trinajstić information content (AvgIpc) is 2.41. The molecule has 0 aromatic heterocycles. The Morgan fingerprint density at radius 3 is 2.58 bits per heavy atom. The van der Waals surface area contributed by atoms with Crippen LogP contribution in [0.15, 0.2) is 47.4 Å². The van der Waals surface area contributed by atoms with Crippen LogP contribution in [0.1, 0.15) is 18.5 Å². The molecule has 0 aliphatic rings. The second kappa shape index (κ2) is 6.08. The molecule has 0 heterocycles. The van der Waals surface area contributed by atoms with Crippen molar-refractivity contribution in [3.05, 3.63) is 53.8 Å². The third-order valence-electron chi connectivity index (χ3n) is 2.77. The third-order valence-corrected chi connectivity index (χ3v) is 3.55. The molecule has 2 rings (SSSR count). The van der Waals surface area contributed by atoms with Crippen molar-refractivity contribution in [2.45, 2.75) is 17.9 Å². The normalized spacial score (nSPS) is 12.2. The highest BCUT2D eigenvalue weighted by molar-refractivity contribution is 7.98. The Kier molecular flexibility index (Phi) is 4.45. The van der Waals surface area contributed by atoms with E-state index in [1.807, 2.05) is 37.4 Å². The SMILES string of the molecule is CSc1ccccc1Oc1c(F)cccc1[C@H](C)N. The van der Waals surface area contributed by atoms with Gasteiger partial charge in [0.15, 0.2) is 11.6 Å². The van der Waals surface area contributed by atoms with Crippen molar-refractivity contribution < 1.29 is 9.13 Å². The van der Waals surface area contributed by atoms with E-state index in [-0.39, 0.29) is 11.8 Å². The van der Waals surface area contributed by atoms with E-state index >= 15 is 0 Å². The van der Waals surface area contributed by atoms with Crippen LogP contribution in [0, 0.1) is 5.82 Å². The van der Waals surface area contributed by atoms with Gasteiger partial charge in [0.05, 0.1) is 0 Å². The molecule has 0 bridgehead atoms. The molecule has 2 aromatic rings. The first-order valence-corrected chi connectivity index (χ1v) is 7.21. The number of rotatable bonds is 4. The average molecular weight is 277 g/mol. The Hall–Kier alpha value is -1.52. The van der Waals surface area contributed by atoms with Gasteiger partial charge in [-0.15, -0.1) is 11.8 Å². The molecule has 0 aliphatic carbocycles. The molecular weight excluding hydrogens is 261 g/mol. The van der Waals surface area contributed by atoms with Crippen molar-refractivity contribution in [2.75, 3.05) is 6.26 Å². The number of ether oxygens (including phenoxy) is 1. The monoisotopic (exact) mass is 277 g/mol. The van der Waals surface area contributed by atoms with Gasteiger partial charge in [-0.2, -0.15) is 0 Å². The van der Waals surface area contributed by atoms with Gasteiger partial charge in [0, 0.05) is 16.5 Å². The number of nitrogens with two attached hydrogens (primary N) is 1. The molecule has 2 aromatic carbocycles. The fourth-order valence-electron chi connectivity index (χ4n) is 1.80. The first-order valence-electron chi connectivity index (χ1n) is 5.98. The van der Waals surface area contributed by atoms with Crippen LogP contribution in [0.25, 0.3) is 0 Å². The summed E-state index contributed by atoms with van der Waals surface area (Å²) in [5, 5.41) is 0. The van der Waals surface area contributed by atoms with Gasteiger partial charge in [-0.1, -0.05) is 24.3 Å². The largest absolute Gasteiger partial charge is 0.453 e. The summed E-state index contributed by atoms with van der Waals surface area (Å²) < 4.78 is 19.7. The van der Waals surface area contributed by atoms with Gasteiger partial charge in [-0.25, -0.2) is 4.39 Å². The summed E-state index contributed by atoms with van der Waals surface area (Å²) >= 11 is 1.56. The van der Waals surface area contributed by atoms with E-state index in [1.54, 1.807) is 23.9 Å². The number of thioether (sulfide) groups is 1. The lowest BCUT2D eigenvalue weighted by Gasteiger charge is -2.15. The minimum atomic E-state index is -0.397. The van der Waals surface area contributed by atoms with Crippen LogP contribution in [0.4, 0.5) is 4.39 Å². The zero-order chi connectivity index (χ0) is 13.8. The first-order chi connectivity index (χ1) is 9.13. The third kappa shape index (κ3) is 3.08. The molecule has 0 radical (unpaired) electrons. The van der Waals surface area contributed by atoms with Crippen molar-refractivity contribution in [1.82, 2.24) is 0 Å². The van der Waals surface area contributed by atoms with Crippen molar-refractivity contribution >= 4 is 11.8 Å². The van der Waals surface area contributed by atoms with Gasteiger partial charge in [-0.3, -0.25) is 0 Å². The van der Waals surface area contributed by atoms with Gasteiger partial charge < -0.3 is 10.5 Å². The molecule has 0 saturated heterocycles. The summed E-state index contributed by atoms with van der Waals surface area (Å²) in [6, 6.07) is 12.1. The van der Waals surface area contributed by atoms with Crippen LogP contribution in [-0.2, 0) is 0 Å². The molecule has 2 nitrogen and oxygen atoms in total. The molecule has 0 unspecified atom stereocenters. The molecule has 0 spiro atoms. The molecule has 19 heavy (non-hydrogen) atoms. The fourth-order valence-corrected chi connectivity index (χ4v) is 2.33. The Balaban J connectivity index is 2.43. The van der Waals surface area contributed by atoms with E-state index in [4.69, 9.17) is 10.5 Å². The summed E-state index contributed by atoms with van der Waals surface area (Å²) in [6.07, 6.45) is 1.95. The van der Waals surface area contributed by atoms with E-state index in [1.165, 1.54) is 6.07 Å². The smallest absolute Gasteiger partial charge is 0.167 e. The zero-order valence-corrected chi connectivity index (χ0v) is 11.7. The summed E-state index contributed by atoms with van der Waals surface area (Å²) in [5.74, 6) is 0.451. The fraction of sp³-hybridized carbons (Fsp3) is 0.200. The maximum atomic E-state index is 13.9. The van der Waals surface area contributed by atoms with Gasteiger partial charge in [0.25, 0.3) is 0 Å².